The normalized spacial score (nSPS) is 17.1. The highest BCUT2D eigenvalue weighted by Gasteiger charge is 2.27. The number of carbonyl (C=O) groups excluding carboxylic acids is 1. The van der Waals surface area contributed by atoms with Crippen molar-refractivity contribution in [3.05, 3.63) is 17.3 Å². The first-order valence-corrected chi connectivity index (χ1v) is 10.5. The average Bonchev–Trinajstić information content (AvgIpc) is 3.05. The highest BCUT2D eigenvalue weighted by molar-refractivity contribution is 8.00. The minimum Gasteiger partial charge on any atom is -0.342 e. The quantitative estimate of drug-likeness (QED) is 0.578. The number of aryl methyl sites for hydroxylation is 1. The molecule has 6 heteroatoms. The molecule has 0 saturated heterocycles. The van der Waals surface area contributed by atoms with Gasteiger partial charge in [0.25, 0.3) is 0 Å². The van der Waals surface area contributed by atoms with Gasteiger partial charge in [0.15, 0.2) is 0 Å². The first-order valence-electron chi connectivity index (χ1n) is 8.77. The van der Waals surface area contributed by atoms with E-state index in [0.717, 1.165) is 34.5 Å². The lowest BCUT2D eigenvalue weighted by Crippen LogP contribution is -2.42. The van der Waals surface area contributed by atoms with Crippen LogP contribution in [0.5, 0.6) is 0 Å². The van der Waals surface area contributed by atoms with Crippen molar-refractivity contribution in [1.29, 1.82) is 0 Å². The maximum atomic E-state index is 12.8. The summed E-state index contributed by atoms with van der Waals surface area (Å²) in [4.78, 5) is 25.9. The third-order valence-electron chi connectivity index (χ3n) is 4.80. The van der Waals surface area contributed by atoms with Gasteiger partial charge in [0.2, 0.25) is 5.91 Å². The number of rotatable bonds is 5. The van der Waals surface area contributed by atoms with Crippen molar-refractivity contribution in [2.24, 2.45) is 0 Å². The van der Waals surface area contributed by atoms with E-state index in [1.54, 1.807) is 29.4 Å². The second-order valence-electron chi connectivity index (χ2n) is 6.46. The van der Waals surface area contributed by atoms with Crippen LogP contribution < -0.4 is 0 Å². The van der Waals surface area contributed by atoms with Gasteiger partial charge in [0.05, 0.1) is 5.25 Å². The van der Waals surface area contributed by atoms with E-state index in [4.69, 9.17) is 0 Å². The molecule has 0 radical (unpaired) electrons. The Morgan fingerprint density at radius 2 is 2.12 bits per heavy atom. The van der Waals surface area contributed by atoms with Crippen molar-refractivity contribution in [3.63, 3.8) is 0 Å². The highest BCUT2D eigenvalue weighted by atomic mass is 32.2. The Bertz CT molecular complexity index is 709. The summed E-state index contributed by atoms with van der Waals surface area (Å²) in [6.45, 7) is 4.14. The SMILES string of the molecule is CCc1cc2c(SC(C)C(=O)N(C)C3CCCCC3)ncnc2s1. The number of carbonyl (C=O) groups is 1. The van der Waals surface area contributed by atoms with Crippen molar-refractivity contribution in [2.45, 2.75) is 68.7 Å². The molecule has 2 aromatic heterocycles. The molecule has 24 heavy (non-hydrogen) atoms. The zero-order valence-electron chi connectivity index (χ0n) is 14.6. The van der Waals surface area contributed by atoms with E-state index >= 15 is 0 Å². The molecular weight excluding hydrogens is 338 g/mol. The minimum atomic E-state index is -0.125. The summed E-state index contributed by atoms with van der Waals surface area (Å²) in [6.07, 6.45) is 8.69. The smallest absolute Gasteiger partial charge is 0.235 e. The number of nitrogens with zero attached hydrogens (tertiary/aromatic N) is 3. The molecular formula is C18H25N3OS2. The fourth-order valence-electron chi connectivity index (χ4n) is 3.30. The summed E-state index contributed by atoms with van der Waals surface area (Å²) < 4.78 is 0. The van der Waals surface area contributed by atoms with E-state index in [0.29, 0.717) is 6.04 Å². The molecule has 0 bridgehead atoms. The van der Waals surface area contributed by atoms with Gasteiger partial charge >= 0.3 is 0 Å². The van der Waals surface area contributed by atoms with Gasteiger partial charge in [0, 0.05) is 23.4 Å². The predicted molar refractivity (Wildman–Crippen MR) is 102 cm³/mol. The number of hydrogen-bond donors (Lipinski definition) is 0. The first-order chi connectivity index (χ1) is 11.6. The molecule has 2 aromatic rings. The Kier molecular flexibility index (Phi) is 5.76. The molecule has 3 rings (SSSR count). The monoisotopic (exact) mass is 363 g/mol. The van der Waals surface area contributed by atoms with E-state index in [2.05, 4.69) is 23.0 Å². The fraction of sp³-hybridized carbons (Fsp3) is 0.611. The standard InChI is InChI=1S/C18H25N3OS2/c1-4-14-10-15-16(19-11-20-17(15)24-14)23-12(2)18(22)21(3)13-8-6-5-7-9-13/h10-13H,4-9H2,1-3H3. The van der Waals surface area contributed by atoms with Gasteiger partial charge in [-0.05, 0) is 32.3 Å². The number of aromatic nitrogens is 2. The Morgan fingerprint density at radius 1 is 1.38 bits per heavy atom. The number of fused-ring (bicyclic) bond motifs is 1. The zero-order chi connectivity index (χ0) is 17.1. The van der Waals surface area contributed by atoms with Crippen LogP contribution in [-0.2, 0) is 11.2 Å². The van der Waals surface area contributed by atoms with Crippen molar-refractivity contribution in [1.82, 2.24) is 14.9 Å². The van der Waals surface area contributed by atoms with E-state index in [9.17, 15) is 4.79 Å². The molecule has 1 atom stereocenters. The van der Waals surface area contributed by atoms with Crippen LogP contribution in [0.3, 0.4) is 0 Å². The molecule has 2 heterocycles. The van der Waals surface area contributed by atoms with Crippen molar-refractivity contribution < 1.29 is 4.79 Å². The van der Waals surface area contributed by atoms with Crippen LogP contribution in [-0.4, -0.2) is 39.1 Å². The highest BCUT2D eigenvalue weighted by Crippen LogP contribution is 2.34. The van der Waals surface area contributed by atoms with Crippen LogP contribution in [0.15, 0.2) is 17.4 Å². The second-order valence-corrected chi connectivity index (χ2v) is 8.91. The third kappa shape index (κ3) is 3.75. The van der Waals surface area contributed by atoms with E-state index in [-0.39, 0.29) is 11.2 Å². The maximum Gasteiger partial charge on any atom is 0.235 e. The molecule has 1 amide bonds. The molecule has 0 spiro atoms. The van der Waals surface area contributed by atoms with Crippen molar-refractivity contribution >= 4 is 39.2 Å². The minimum absolute atomic E-state index is 0.125. The van der Waals surface area contributed by atoms with Gasteiger partial charge < -0.3 is 4.90 Å². The van der Waals surface area contributed by atoms with Gasteiger partial charge in [-0.2, -0.15) is 0 Å². The van der Waals surface area contributed by atoms with Crippen LogP contribution in [0.4, 0.5) is 0 Å². The second kappa shape index (κ2) is 7.83. The van der Waals surface area contributed by atoms with Gasteiger partial charge in [-0.1, -0.05) is 37.9 Å². The molecule has 1 aliphatic rings. The molecule has 0 aliphatic heterocycles. The van der Waals surface area contributed by atoms with Gasteiger partial charge in [-0.3, -0.25) is 4.79 Å². The summed E-state index contributed by atoms with van der Waals surface area (Å²) in [5, 5.41) is 1.89. The molecule has 1 fully saturated rings. The van der Waals surface area contributed by atoms with E-state index < -0.39 is 0 Å². The van der Waals surface area contributed by atoms with Crippen LogP contribution in [0.25, 0.3) is 10.2 Å². The Balaban J connectivity index is 1.72. The molecule has 1 saturated carbocycles. The summed E-state index contributed by atoms with van der Waals surface area (Å²) >= 11 is 3.28. The van der Waals surface area contributed by atoms with Crippen LogP contribution >= 0.6 is 23.1 Å². The van der Waals surface area contributed by atoms with Gasteiger partial charge in [-0.15, -0.1) is 11.3 Å². The lowest BCUT2D eigenvalue weighted by molar-refractivity contribution is -0.131. The van der Waals surface area contributed by atoms with Gasteiger partial charge in [0.1, 0.15) is 16.2 Å². The molecule has 1 aliphatic carbocycles. The molecule has 1 unspecified atom stereocenters. The molecule has 130 valence electrons. The molecule has 0 N–H and O–H groups in total. The first kappa shape index (κ1) is 17.7. The lowest BCUT2D eigenvalue weighted by atomic mass is 9.94. The fourth-order valence-corrected chi connectivity index (χ4v) is 5.30. The zero-order valence-corrected chi connectivity index (χ0v) is 16.3. The topological polar surface area (TPSA) is 46.1 Å². The summed E-state index contributed by atoms with van der Waals surface area (Å²) in [6, 6.07) is 2.58. The number of amides is 1. The lowest BCUT2D eigenvalue weighted by Gasteiger charge is -2.32. The Labute approximate surface area is 152 Å². The van der Waals surface area contributed by atoms with Crippen LogP contribution in [0, 0.1) is 0 Å². The Hall–Kier alpha value is -1.14. The average molecular weight is 364 g/mol. The number of hydrogen-bond acceptors (Lipinski definition) is 5. The van der Waals surface area contributed by atoms with Gasteiger partial charge in [-0.25, -0.2) is 9.97 Å². The predicted octanol–water partition coefficient (Wildman–Crippen LogP) is 4.53. The van der Waals surface area contributed by atoms with E-state index in [1.807, 2.05) is 18.9 Å². The van der Waals surface area contributed by atoms with Crippen molar-refractivity contribution in [2.75, 3.05) is 7.05 Å². The summed E-state index contributed by atoms with van der Waals surface area (Å²) in [5.41, 5.74) is 0. The molecule has 0 aromatic carbocycles. The third-order valence-corrected chi connectivity index (χ3v) is 7.09. The van der Waals surface area contributed by atoms with Crippen LogP contribution in [0.1, 0.15) is 50.8 Å². The van der Waals surface area contributed by atoms with Crippen molar-refractivity contribution in [3.8, 4) is 0 Å². The number of thioether (sulfide) groups is 1. The van der Waals surface area contributed by atoms with Crippen LogP contribution in [0.2, 0.25) is 0 Å². The molecule has 4 nitrogen and oxygen atoms in total. The van der Waals surface area contributed by atoms with E-state index in [1.165, 1.54) is 24.1 Å². The Morgan fingerprint density at radius 3 is 2.83 bits per heavy atom. The summed E-state index contributed by atoms with van der Waals surface area (Å²) in [5.74, 6) is 0.213. The largest absolute Gasteiger partial charge is 0.342 e. The number of thiophene rings is 1. The maximum absolute atomic E-state index is 12.8. The summed E-state index contributed by atoms with van der Waals surface area (Å²) in [7, 11) is 1.96.